The number of halogens is 2. The van der Waals surface area contributed by atoms with Crippen molar-refractivity contribution in [3.05, 3.63) is 30.1 Å². The molecule has 1 atom stereocenters. The van der Waals surface area contributed by atoms with E-state index in [0.29, 0.717) is 75.4 Å². The van der Waals surface area contributed by atoms with E-state index in [9.17, 15) is 13.6 Å². The van der Waals surface area contributed by atoms with Gasteiger partial charge in [-0.15, -0.1) is 0 Å². The number of nitrogens with one attached hydrogen (secondary N) is 1. The van der Waals surface area contributed by atoms with Crippen molar-refractivity contribution >= 4 is 28.8 Å². The quantitative estimate of drug-likeness (QED) is 0.534. The Morgan fingerprint density at radius 1 is 0.917 bits per heavy atom. The number of anilines is 2. The van der Waals surface area contributed by atoms with Crippen molar-refractivity contribution in [1.29, 1.82) is 0 Å². The van der Waals surface area contributed by atoms with Crippen LogP contribution in [0.2, 0.25) is 0 Å². The van der Waals surface area contributed by atoms with Crippen LogP contribution in [0, 0.1) is 0 Å². The van der Waals surface area contributed by atoms with Gasteiger partial charge in [-0.05, 0) is 26.1 Å². The SMILES string of the molecule is CN[C@@H](C)C(=O)N1CCN(c2nc(N3CCOCC3)nc(-n3c(C(F)F)nc4ccccc43)n2)CC1. The summed E-state index contributed by atoms with van der Waals surface area (Å²) in [6, 6.07) is 6.66. The van der Waals surface area contributed by atoms with Gasteiger partial charge in [0, 0.05) is 39.3 Å². The van der Waals surface area contributed by atoms with Crippen LogP contribution in [-0.4, -0.2) is 101 Å². The second-order valence-corrected chi connectivity index (χ2v) is 8.75. The molecule has 0 aliphatic carbocycles. The lowest BCUT2D eigenvalue weighted by atomic mass is 10.2. The molecule has 2 aromatic heterocycles. The molecule has 13 heteroatoms. The number of ether oxygens (including phenoxy) is 1. The molecule has 2 aliphatic rings. The number of fused-ring (bicyclic) bond motifs is 1. The van der Waals surface area contributed by atoms with E-state index in [2.05, 4.69) is 20.3 Å². The number of benzene rings is 1. The molecule has 1 N–H and O–H groups in total. The zero-order valence-corrected chi connectivity index (χ0v) is 20.3. The van der Waals surface area contributed by atoms with E-state index in [1.54, 1.807) is 36.2 Å². The Hall–Kier alpha value is -3.45. The number of aromatic nitrogens is 5. The predicted octanol–water partition coefficient (Wildman–Crippen LogP) is 1.24. The number of amides is 1. The molecule has 3 aromatic rings. The van der Waals surface area contributed by atoms with Crippen molar-refractivity contribution < 1.29 is 18.3 Å². The summed E-state index contributed by atoms with van der Waals surface area (Å²) < 4.78 is 34.9. The van der Waals surface area contributed by atoms with Crippen molar-refractivity contribution in [2.24, 2.45) is 0 Å². The molecule has 4 heterocycles. The smallest absolute Gasteiger partial charge is 0.296 e. The Morgan fingerprint density at radius 3 is 2.17 bits per heavy atom. The third kappa shape index (κ3) is 4.67. The molecule has 192 valence electrons. The van der Waals surface area contributed by atoms with Gasteiger partial charge in [-0.1, -0.05) is 12.1 Å². The zero-order valence-electron chi connectivity index (χ0n) is 20.3. The number of likely N-dealkylation sites (N-methyl/N-ethyl adjacent to an activating group) is 1. The molecular formula is C23H29F2N9O2. The number of rotatable bonds is 6. The number of imidazole rings is 1. The molecule has 0 radical (unpaired) electrons. The minimum Gasteiger partial charge on any atom is -0.378 e. The first kappa shape index (κ1) is 24.3. The van der Waals surface area contributed by atoms with Crippen LogP contribution in [0.25, 0.3) is 17.0 Å². The summed E-state index contributed by atoms with van der Waals surface area (Å²) in [6.45, 7) is 6.09. The van der Waals surface area contributed by atoms with Crippen LogP contribution in [-0.2, 0) is 9.53 Å². The highest BCUT2D eigenvalue weighted by Gasteiger charge is 2.28. The number of para-hydroxylation sites is 2. The van der Waals surface area contributed by atoms with Gasteiger partial charge in [-0.25, -0.2) is 13.8 Å². The van der Waals surface area contributed by atoms with Gasteiger partial charge < -0.3 is 24.8 Å². The number of alkyl halides is 2. The molecule has 0 unspecified atom stereocenters. The minimum absolute atomic E-state index is 0.0361. The number of morpholine rings is 1. The Kier molecular flexibility index (Phi) is 6.92. The molecule has 2 aliphatic heterocycles. The normalized spacial score (nSPS) is 17.8. The lowest BCUT2D eigenvalue weighted by molar-refractivity contribution is -0.133. The Labute approximate surface area is 207 Å². The molecule has 0 spiro atoms. The fourth-order valence-electron chi connectivity index (χ4n) is 4.41. The van der Waals surface area contributed by atoms with Gasteiger partial charge in [0.05, 0.1) is 30.3 Å². The van der Waals surface area contributed by atoms with Gasteiger partial charge >= 0.3 is 0 Å². The second kappa shape index (κ2) is 10.3. The third-order valence-corrected chi connectivity index (χ3v) is 6.55. The molecule has 36 heavy (non-hydrogen) atoms. The second-order valence-electron chi connectivity index (χ2n) is 8.75. The van der Waals surface area contributed by atoms with Gasteiger partial charge in [-0.3, -0.25) is 9.36 Å². The van der Waals surface area contributed by atoms with E-state index in [-0.39, 0.29) is 17.9 Å². The first-order chi connectivity index (χ1) is 17.5. The Morgan fingerprint density at radius 2 is 1.53 bits per heavy atom. The highest BCUT2D eigenvalue weighted by molar-refractivity contribution is 5.81. The topological polar surface area (TPSA) is 105 Å². The summed E-state index contributed by atoms with van der Waals surface area (Å²) in [5.74, 6) is 0.492. The summed E-state index contributed by atoms with van der Waals surface area (Å²) in [7, 11) is 1.76. The van der Waals surface area contributed by atoms with Crippen LogP contribution in [0.15, 0.2) is 24.3 Å². The molecule has 0 bridgehead atoms. The van der Waals surface area contributed by atoms with Crippen LogP contribution in [0.3, 0.4) is 0 Å². The Bertz CT molecular complexity index is 1220. The summed E-state index contributed by atoms with van der Waals surface area (Å²) in [5, 5.41) is 2.98. The maximum absolute atomic E-state index is 14.0. The predicted molar refractivity (Wildman–Crippen MR) is 130 cm³/mol. The van der Waals surface area contributed by atoms with Crippen LogP contribution in [0.5, 0.6) is 0 Å². The van der Waals surface area contributed by atoms with Crippen molar-refractivity contribution in [3.63, 3.8) is 0 Å². The van der Waals surface area contributed by atoms with Crippen LogP contribution < -0.4 is 15.1 Å². The summed E-state index contributed by atoms with van der Waals surface area (Å²) in [5.41, 5.74) is 0.933. The first-order valence-corrected chi connectivity index (χ1v) is 12.0. The van der Waals surface area contributed by atoms with E-state index in [1.807, 2.05) is 16.7 Å². The lowest BCUT2D eigenvalue weighted by Crippen LogP contribution is -2.53. The molecule has 11 nitrogen and oxygen atoms in total. The van der Waals surface area contributed by atoms with Crippen LogP contribution in [0.1, 0.15) is 19.2 Å². The lowest BCUT2D eigenvalue weighted by Gasteiger charge is -2.36. The molecule has 0 saturated carbocycles. The highest BCUT2D eigenvalue weighted by atomic mass is 19.3. The summed E-state index contributed by atoms with van der Waals surface area (Å²) in [6.07, 6.45) is -2.81. The standard InChI is InChI=1S/C23H29F2N9O2/c1-15(26-2)20(35)31-7-9-32(10-8-31)21-28-22(33-11-13-36-14-12-33)30-23(29-21)34-17-6-4-3-5-16(17)27-19(34)18(24)25/h3-6,15,18,26H,7-14H2,1-2H3/t15-/m0/s1. The number of hydrogen-bond donors (Lipinski definition) is 1. The molecule has 2 fully saturated rings. The van der Waals surface area contributed by atoms with E-state index in [0.717, 1.165) is 0 Å². The summed E-state index contributed by atoms with van der Waals surface area (Å²) in [4.78, 5) is 36.4. The van der Waals surface area contributed by atoms with Crippen molar-refractivity contribution in [2.45, 2.75) is 19.4 Å². The number of piperazine rings is 1. The van der Waals surface area contributed by atoms with E-state index >= 15 is 0 Å². The van der Waals surface area contributed by atoms with E-state index in [4.69, 9.17) is 9.72 Å². The van der Waals surface area contributed by atoms with Crippen molar-refractivity contribution in [3.8, 4) is 5.95 Å². The minimum atomic E-state index is -2.81. The average Bonchev–Trinajstić information content (AvgIpc) is 3.33. The Balaban J connectivity index is 1.53. The highest BCUT2D eigenvalue weighted by Crippen LogP contribution is 2.28. The molecule has 2 saturated heterocycles. The third-order valence-electron chi connectivity index (χ3n) is 6.55. The average molecular weight is 502 g/mol. The van der Waals surface area contributed by atoms with Gasteiger partial charge in [-0.2, -0.15) is 15.0 Å². The van der Waals surface area contributed by atoms with E-state index < -0.39 is 12.2 Å². The summed E-state index contributed by atoms with van der Waals surface area (Å²) >= 11 is 0. The maximum Gasteiger partial charge on any atom is 0.296 e. The van der Waals surface area contributed by atoms with Crippen molar-refractivity contribution in [1.82, 2.24) is 34.7 Å². The number of nitrogens with zero attached hydrogens (tertiary/aromatic N) is 8. The van der Waals surface area contributed by atoms with Gasteiger partial charge in [0.2, 0.25) is 23.8 Å². The molecule has 1 amide bonds. The fourth-order valence-corrected chi connectivity index (χ4v) is 4.41. The number of carbonyl (C=O) groups excluding carboxylic acids is 1. The molecule has 5 rings (SSSR count). The number of hydrogen-bond acceptors (Lipinski definition) is 9. The van der Waals surface area contributed by atoms with E-state index in [1.165, 1.54) is 4.57 Å². The fraction of sp³-hybridized carbons (Fsp3) is 0.522. The van der Waals surface area contributed by atoms with Gasteiger partial charge in [0.25, 0.3) is 6.43 Å². The largest absolute Gasteiger partial charge is 0.378 e. The maximum atomic E-state index is 14.0. The van der Waals surface area contributed by atoms with Crippen LogP contribution in [0.4, 0.5) is 20.7 Å². The first-order valence-electron chi connectivity index (χ1n) is 12.0. The van der Waals surface area contributed by atoms with Crippen LogP contribution >= 0.6 is 0 Å². The zero-order chi connectivity index (χ0) is 25.2. The molecular weight excluding hydrogens is 472 g/mol. The van der Waals surface area contributed by atoms with Gasteiger partial charge in [0.15, 0.2) is 5.82 Å². The van der Waals surface area contributed by atoms with Gasteiger partial charge in [0.1, 0.15) is 0 Å². The van der Waals surface area contributed by atoms with Crippen molar-refractivity contribution in [2.75, 3.05) is 69.3 Å². The molecule has 1 aromatic carbocycles. The number of carbonyl (C=O) groups is 1. The monoisotopic (exact) mass is 501 g/mol.